The molecule has 0 N–H and O–H groups in total. The Hall–Kier alpha value is -1.12. The summed E-state index contributed by atoms with van der Waals surface area (Å²) in [5.41, 5.74) is 0. The van der Waals surface area contributed by atoms with Crippen LogP contribution in [0.4, 0.5) is 0 Å². The van der Waals surface area contributed by atoms with Crippen molar-refractivity contribution in [1.29, 1.82) is 0 Å². The van der Waals surface area contributed by atoms with Crippen molar-refractivity contribution in [2.24, 2.45) is 17.8 Å². The van der Waals surface area contributed by atoms with Crippen LogP contribution in [0, 0.1) is 24.3 Å². The van der Waals surface area contributed by atoms with Crippen molar-refractivity contribution in [3.05, 3.63) is 11.4 Å². The van der Waals surface area contributed by atoms with Crippen LogP contribution in [0.25, 0.3) is 4.85 Å². The van der Waals surface area contributed by atoms with Crippen LogP contribution in [-0.2, 0) is 4.79 Å². The number of carbonyl (C=O) groups excluding carboxylic acids is 1. The smallest absolute Gasteiger partial charge is 0.231 e. The van der Waals surface area contributed by atoms with E-state index in [1.807, 2.05) is 0 Å². The lowest BCUT2D eigenvalue weighted by Gasteiger charge is -2.48. The molecular weight excluding hydrogens is 336 g/mol. The van der Waals surface area contributed by atoms with Gasteiger partial charge < -0.3 is 9.74 Å². The Labute approximate surface area is 165 Å². The summed E-state index contributed by atoms with van der Waals surface area (Å²) < 4.78 is 0. The van der Waals surface area contributed by atoms with E-state index in [0.717, 1.165) is 44.6 Å². The van der Waals surface area contributed by atoms with E-state index in [1.54, 1.807) is 0 Å². The Morgan fingerprint density at radius 1 is 1.04 bits per heavy atom. The molecule has 0 spiro atoms. The van der Waals surface area contributed by atoms with Crippen molar-refractivity contribution in [2.45, 2.75) is 71.5 Å². The predicted octanol–water partition coefficient (Wildman–Crippen LogP) is 2.97. The maximum Gasteiger partial charge on any atom is 0.231 e. The molecule has 5 heteroatoms. The normalized spacial score (nSPS) is 31.1. The summed E-state index contributed by atoms with van der Waals surface area (Å²) in [4.78, 5) is 23.6. The van der Waals surface area contributed by atoms with E-state index in [4.69, 9.17) is 6.57 Å². The van der Waals surface area contributed by atoms with Crippen molar-refractivity contribution < 1.29 is 4.79 Å². The zero-order chi connectivity index (χ0) is 19.6. The maximum atomic E-state index is 12.9. The minimum absolute atomic E-state index is 0.175. The fourth-order valence-electron chi connectivity index (χ4n) is 5.27. The van der Waals surface area contributed by atoms with Crippen LogP contribution in [0.2, 0.25) is 0 Å². The molecule has 2 heterocycles. The van der Waals surface area contributed by atoms with E-state index in [2.05, 4.69) is 47.2 Å². The Balaban J connectivity index is 1.54. The van der Waals surface area contributed by atoms with E-state index in [1.165, 1.54) is 25.7 Å². The first-order valence-electron chi connectivity index (χ1n) is 11.0. The number of carbonyl (C=O) groups is 1. The number of rotatable bonds is 5. The largest absolute Gasteiger partial charge is 0.339 e. The quantitative estimate of drug-likeness (QED) is 0.693. The van der Waals surface area contributed by atoms with Gasteiger partial charge in [0.05, 0.1) is 5.92 Å². The molecule has 0 aromatic rings. The van der Waals surface area contributed by atoms with Gasteiger partial charge in [-0.05, 0) is 51.4 Å². The van der Waals surface area contributed by atoms with E-state index in [9.17, 15) is 4.79 Å². The van der Waals surface area contributed by atoms with Gasteiger partial charge >= 0.3 is 0 Å². The first-order valence-corrected chi connectivity index (χ1v) is 11.0. The van der Waals surface area contributed by atoms with Crippen LogP contribution in [0.5, 0.6) is 0 Å². The average Bonchev–Trinajstić information content (AvgIpc) is 2.60. The third-order valence-electron chi connectivity index (χ3n) is 7.28. The summed E-state index contributed by atoms with van der Waals surface area (Å²) >= 11 is 0. The number of nitrogens with zero attached hydrogens (tertiary/aromatic N) is 4. The van der Waals surface area contributed by atoms with Gasteiger partial charge in [-0.1, -0.05) is 13.8 Å². The molecule has 0 aromatic carbocycles. The summed E-state index contributed by atoms with van der Waals surface area (Å²) in [5, 5.41) is 0. The minimum atomic E-state index is 0.175. The first-order chi connectivity index (χ1) is 12.9. The molecule has 3 aliphatic rings. The Kier molecular flexibility index (Phi) is 6.81. The van der Waals surface area contributed by atoms with Gasteiger partial charge in [0.15, 0.2) is 0 Å². The maximum absolute atomic E-state index is 12.9. The van der Waals surface area contributed by atoms with E-state index >= 15 is 0 Å². The number of hydrogen-bond donors (Lipinski definition) is 0. The Morgan fingerprint density at radius 2 is 1.70 bits per heavy atom. The fraction of sp³-hybridized carbons (Fsp3) is 0.909. The van der Waals surface area contributed by atoms with Crippen molar-refractivity contribution in [3.8, 4) is 0 Å². The molecular formula is C22H38N4O. The van der Waals surface area contributed by atoms with Gasteiger partial charge in [-0.15, -0.1) is 0 Å². The predicted molar refractivity (Wildman–Crippen MR) is 109 cm³/mol. The molecule has 0 aromatic heterocycles. The molecule has 2 aliphatic heterocycles. The van der Waals surface area contributed by atoms with E-state index in [-0.39, 0.29) is 12.0 Å². The first kappa shape index (κ1) is 20.6. The SMILES string of the molecule is [C-]#[N+]C[C@H]1CN(C(=O)C2CN(C(C)C)C2)CCN1C1CCC(C(C)C)CC1. The second-order valence-electron chi connectivity index (χ2n) is 9.57. The van der Waals surface area contributed by atoms with Gasteiger partial charge in [0, 0.05) is 44.8 Å². The zero-order valence-electron chi connectivity index (χ0n) is 17.7. The molecule has 3 rings (SSSR count). The highest BCUT2D eigenvalue weighted by Gasteiger charge is 2.41. The topological polar surface area (TPSA) is 31.2 Å². The molecule has 152 valence electrons. The molecule has 1 amide bonds. The van der Waals surface area contributed by atoms with E-state index in [0.29, 0.717) is 24.5 Å². The van der Waals surface area contributed by atoms with Gasteiger partial charge in [-0.25, -0.2) is 6.57 Å². The second-order valence-corrected chi connectivity index (χ2v) is 9.57. The monoisotopic (exact) mass is 374 g/mol. The average molecular weight is 375 g/mol. The molecule has 2 saturated heterocycles. The molecule has 1 atom stereocenters. The number of likely N-dealkylation sites (tertiary alicyclic amines) is 1. The zero-order valence-corrected chi connectivity index (χ0v) is 17.7. The second kappa shape index (κ2) is 8.92. The molecule has 0 unspecified atom stereocenters. The van der Waals surface area contributed by atoms with Crippen molar-refractivity contribution in [2.75, 3.05) is 39.3 Å². The number of hydrogen-bond acceptors (Lipinski definition) is 3. The standard InChI is InChI=1S/C22H38N4O/c1-16(2)18-6-8-20(9-7-18)26-11-10-24(15-21(26)12-23-5)22(27)19-13-25(14-19)17(3)4/h16-21H,6-15H2,1-4H3/t18?,20?,21-/m0/s1. The lowest BCUT2D eigenvalue weighted by molar-refractivity contribution is -0.145. The summed E-state index contributed by atoms with van der Waals surface area (Å²) in [6, 6.07) is 1.37. The van der Waals surface area contributed by atoms with Gasteiger partial charge in [-0.3, -0.25) is 14.6 Å². The van der Waals surface area contributed by atoms with Crippen LogP contribution in [0.1, 0.15) is 53.4 Å². The molecule has 1 aliphatic carbocycles. The molecule has 0 radical (unpaired) electrons. The molecule has 0 bridgehead atoms. The number of piperazine rings is 1. The fourth-order valence-corrected chi connectivity index (χ4v) is 5.27. The van der Waals surface area contributed by atoms with Crippen molar-refractivity contribution in [3.63, 3.8) is 0 Å². The third kappa shape index (κ3) is 4.66. The third-order valence-corrected chi connectivity index (χ3v) is 7.28. The Bertz CT molecular complexity index is 541. The van der Waals surface area contributed by atoms with Crippen LogP contribution in [-0.4, -0.2) is 78.0 Å². The van der Waals surface area contributed by atoms with E-state index < -0.39 is 0 Å². The van der Waals surface area contributed by atoms with Crippen molar-refractivity contribution in [1.82, 2.24) is 14.7 Å². The molecule has 5 nitrogen and oxygen atoms in total. The molecule has 3 fully saturated rings. The van der Waals surface area contributed by atoms with Gasteiger partial charge in [0.1, 0.15) is 6.04 Å². The summed E-state index contributed by atoms with van der Waals surface area (Å²) in [7, 11) is 0. The Morgan fingerprint density at radius 3 is 2.26 bits per heavy atom. The van der Waals surface area contributed by atoms with Crippen molar-refractivity contribution >= 4 is 5.91 Å². The molecule has 1 saturated carbocycles. The highest BCUT2D eigenvalue weighted by molar-refractivity contribution is 5.80. The lowest BCUT2D eigenvalue weighted by Crippen LogP contribution is -2.63. The lowest BCUT2D eigenvalue weighted by atomic mass is 9.79. The summed E-state index contributed by atoms with van der Waals surface area (Å²) in [6.45, 7) is 21.4. The van der Waals surface area contributed by atoms with Crippen LogP contribution in [0.15, 0.2) is 0 Å². The van der Waals surface area contributed by atoms with Crippen LogP contribution >= 0.6 is 0 Å². The highest BCUT2D eigenvalue weighted by atomic mass is 16.2. The number of amides is 1. The van der Waals surface area contributed by atoms with Gasteiger partial charge in [-0.2, -0.15) is 0 Å². The van der Waals surface area contributed by atoms with Gasteiger partial charge in [0.2, 0.25) is 12.5 Å². The molecule has 27 heavy (non-hydrogen) atoms. The van der Waals surface area contributed by atoms with Crippen LogP contribution in [0.3, 0.4) is 0 Å². The summed E-state index contributed by atoms with van der Waals surface area (Å²) in [6.07, 6.45) is 5.16. The van der Waals surface area contributed by atoms with Crippen LogP contribution < -0.4 is 0 Å². The summed E-state index contributed by atoms with van der Waals surface area (Å²) in [5.74, 6) is 2.15. The minimum Gasteiger partial charge on any atom is -0.339 e. The van der Waals surface area contributed by atoms with Gasteiger partial charge in [0.25, 0.3) is 0 Å². The highest BCUT2D eigenvalue weighted by Crippen LogP contribution is 2.34.